The van der Waals surface area contributed by atoms with Gasteiger partial charge in [0.05, 0.1) is 19.0 Å². The van der Waals surface area contributed by atoms with Crippen LogP contribution in [0.1, 0.15) is 25.3 Å². The number of H-pyrrole nitrogens is 1. The number of halogens is 1. The molecule has 0 saturated carbocycles. The molecule has 4 nitrogen and oxygen atoms in total. The third-order valence-corrected chi connectivity index (χ3v) is 3.72. The molecule has 1 N–H and O–H groups in total. The molecule has 1 aromatic heterocycles. The first-order chi connectivity index (χ1) is 10.2. The first-order valence-corrected chi connectivity index (χ1v) is 7.58. The number of unbranched alkanes of at least 4 members (excludes halogenated alkanes) is 1. The van der Waals surface area contributed by atoms with Crippen LogP contribution in [0.5, 0.6) is 5.75 Å². The van der Waals surface area contributed by atoms with Crippen LogP contribution in [0.3, 0.4) is 0 Å². The van der Waals surface area contributed by atoms with Gasteiger partial charge in [-0.05, 0) is 38.2 Å². The highest BCUT2D eigenvalue weighted by Crippen LogP contribution is 2.33. The Kier molecular flexibility index (Phi) is 5.65. The highest BCUT2D eigenvalue weighted by atomic mass is 35.5. The Hall–Kier alpha value is -1.52. The number of hydrogen-bond donors (Lipinski definition) is 1. The van der Waals surface area contributed by atoms with Crippen LogP contribution in [0.15, 0.2) is 24.4 Å². The van der Waals surface area contributed by atoms with Gasteiger partial charge in [-0.15, -0.1) is 0 Å². The zero-order valence-corrected chi connectivity index (χ0v) is 13.6. The van der Waals surface area contributed by atoms with Crippen molar-refractivity contribution in [1.29, 1.82) is 0 Å². The number of nitrogens with zero attached hydrogens (tertiary/aromatic N) is 2. The van der Waals surface area contributed by atoms with Crippen LogP contribution in [0.4, 0.5) is 0 Å². The number of hydrogen-bond acceptors (Lipinski definition) is 3. The summed E-state index contributed by atoms with van der Waals surface area (Å²) < 4.78 is 5.43. The van der Waals surface area contributed by atoms with E-state index in [2.05, 4.69) is 29.1 Å². The van der Waals surface area contributed by atoms with Crippen molar-refractivity contribution in [3.05, 3.63) is 35.0 Å². The molecule has 0 aliphatic rings. The monoisotopic (exact) mass is 307 g/mol. The van der Waals surface area contributed by atoms with Gasteiger partial charge in [0.1, 0.15) is 5.75 Å². The van der Waals surface area contributed by atoms with Gasteiger partial charge in [-0.3, -0.25) is 5.10 Å². The van der Waals surface area contributed by atoms with E-state index >= 15 is 0 Å². The van der Waals surface area contributed by atoms with Gasteiger partial charge in [-0.1, -0.05) is 24.9 Å². The molecule has 0 spiro atoms. The van der Waals surface area contributed by atoms with E-state index in [1.165, 1.54) is 12.8 Å². The molecular weight excluding hydrogens is 286 g/mol. The van der Waals surface area contributed by atoms with E-state index < -0.39 is 0 Å². The van der Waals surface area contributed by atoms with Crippen molar-refractivity contribution in [2.75, 3.05) is 20.7 Å². The van der Waals surface area contributed by atoms with E-state index in [1.807, 2.05) is 24.4 Å². The summed E-state index contributed by atoms with van der Waals surface area (Å²) in [5.41, 5.74) is 3.06. The van der Waals surface area contributed by atoms with Crippen LogP contribution in [0.25, 0.3) is 11.3 Å². The Labute approximate surface area is 131 Å². The molecule has 114 valence electrons. The van der Waals surface area contributed by atoms with Gasteiger partial charge in [0.15, 0.2) is 0 Å². The molecule has 1 aromatic carbocycles. The first kappa shape index (κ1) is 15.9. The topological polar surface area (TPSA) is 41.2 Å². The van der Waals surface area contributed by atoms with Gasteiger partial charge in [0.2, 0.25) is 0 Å². The Morgan fingerprint density at radius 1 is 1.38 bits per heavy atom. The molecule has 2 rings (SSSR count). The lowest BCUT2D eigenvalue weighted by Gasteiger charge is -2.16. The Morgan fingerprint density at radius 2 is 2.19 bits per heavy atom. The van der Waals surface area contributed by atoms with Crippen molar-refractivity contribution >= 4 is 11.6 Å². The first-order valence-electron chi connectivity index (χ1n) is 7.20. The summed E-state index contributed by atoms with van der Waals surface area (Å²) in [4.78, 5) is 2.30. The van der Waals surface area contributed by atoms with Gasteiger partial charge in [-0.25, -0.2) is 0 Å². The Bertz CT molecular complexity index is 583. The lowest BCUT2D eigenvalue weighted by Crippen LogP contribution is -2.19. The lowest BCUT2D eigenvalue weighted by atomic mass is 10.1. The maximum absolute atomic E-state index is 6.12. The Morgan fingerprint density at radius 3 is 2.90 bits per heavy atom. The fourth-order valence-electron chi connectivity index (χ4n) is 2.34. The average Bonchev–Trinajstić information content (AvgIpc) is 2.93. The molecule has 5 heteroatoms. The maximum Gasteiger partial charge on any atom is 0.128 e. The maximum atomic E-state index is 6.12. The lowest BCUT2D eigenvalue weighted by molar-refractivity contribution is 0.321. The van der Waals surface area contributed by atoms with Crippen LogP contribution >= 0.6 is 11.6 Å². The van der Waals surface area contributed by atoms with E-state index in [9.17, 15) is 0 Å². The second-order valence-corrected chi connectivity index (χ2v) is 5.64. The summed E-state index contributed by atoms with van der Waals surface area (Å²) in [6, 6.07) is 5.61. The molecule has 0 unspecified atom stereocenters. The average molecular weight is 308 g/mol. The highest BCUT2D eigenvalue weighted by Gasteiger charge is 2.14. The van der Waals surface area contributed by atoms with Crippen LogP contribution in [-0.4, -0.2) is 35.8 Å². The standard InChI is InChI=1S/C16H22ClN3O/c1-4-5-8-20(2)11-12-10-18-19-16(12)14-9-13(17)6-7-15(14)21-3/h6-7,9-10H,4-5,8,11H2,1-3H3,(H,18,19). The number of nitrogens with one attached hydrogen (secondary N) is 1. The largest absolute Gasteiger partial charge is 0.496 e. The molecule has 0 fully saturated rings. The van der Waals surface area contributed by atoms with Crippen molar-refractivity contribution in [3.8, 4) is 17.0 Å². The predicted octanol–water partition coefficient (Wildman–Crippen LogP) is 3.97. The molecule has 0 bridgehead atoms. The van der Waals surface area contributed by atoms with Gasteiger partial charge < -0.3 is 9.64 Å². The summed E-state index contributed by atoms with van der Waals surface area (Å²) in [7, 11) is 3.79. The number of methoxy groups -OCH3 is 1. The van der Waals surface area contributed by atoms with E-state index in [0.29, 0.717) is 5.02 Å². The molecule has 0 aliphatic carbocycles. The molecular formula is C16H22ClN3O. The van der Waals surface area contributed by atoms with E-state index in [1.54, 1.807) is 7.11 Å². The zero-order chi connectivity index (χ0) is 15.2. The molecule has 1 heterocycles. The van der Waals surface area contributed by atoms with Crippen molar-refractivity contribution < 1.29 is 4.74 Å². The summed E-state index contributed by atoms with van der Waals surface area (Å²) in [5.74, 6) is 0.793. The van der Waals surface area contributed by atoms with E-state index in [0.717, 1.165) is 35.7 Å². The van der Waals surface area contributed by atoms with Gasteiger partial charge in [0.25, 0.3) is 0 Å². The van der Waals surface area contributed by atoms with Crippen LogP contribution < -0.4 is 4.74 Å². The number of aromatic amines is 1. The fourth-order valence-corrected chi connectivity index (χ4v) is 2.51. The number of ether oxygens (including phenoxy) is 1. The number of benzene rings is 1. The molecule has 0 radical (unpaired) electrons. The fraction of sp³-hybridized carbons (Fsp3) is 0.438. The van der Waals surface area contributed by atoms with Crippen LogP contribution in [0.2, 0.25) is 5.02 Å². The number of aromatic nitrogens is 2. The van der Waals surface area contributed by atoms with Crippen molar-refractivity contribution in [1.82, 2.24) is 15.1 Å². The predicted molar refractivity (Wildman–Crippen MR) is 86.8 cm³/mol. The summed E-state index contributed by atoms with van der Waals surface area (Å²) in [6.07, 6.45) is 4.27. The molecule has 21 heavy (non-hydrogen) atoms. The summed E-state index contributed by atoms with van der Waals surface area (Å²) in [5, 5.41) is 7.94. The van der Waals surface area contributed by atoms with E-state index in [4.69, 9.17) is 16.3 Å². The number of rotatable bonds is 7. The summed E-state index contributed by atoms with van der Waals surface area (Å²) in [6.45, 7) is 4.13. The van der Waals surface area contributed by atoms with Crippen LogP contribution in [0, 0.1) is 0 Å². The van der Waals surface area contributed by atoms with Gasteiger partial charge in [-0.2, -0.15) is 5.10 Å². The third kappa shape index (κ3) is 3.99. The second-order valence-electron chi connectivity index (χ2n) is 5.21. The SMILES string of the molecule is CCCCN(C)Cc1cn[nH]c1-c1cc(Cl)ccc1OC. The van der Waals surface area contributed by atoms with Crippen molar-refractivity contribution in [2.45, 2.75) is 26.3 Å². The molecule has 2 aromatic rings. The normalized spacial score (nSPS) is 11.1. The van der Waals surface area contributed by atoms with Crippen molar-refractivity contribution in [3.63, 3.8) is 0 Å². The summed E-state index contributed by atoms with van der Waals surface area (Å²) >= 11 is 6.12. The van der Waals surface area contributed by atoms with Crippen molar-refractivity contribution in [2.24, 2.45) is 0 Å². The molecule has 0 saturated heterocycles. The Balaban J connectivity index is 2.26. The molecule has 0 amide bonds. The quantitative estimate of drug-likeness (QED) is 0.841. The smallest absolute Gasteiger partial charge is 0.128 e. The zero-order valence-electron chi connectivity index (χ0n) is 12.8. The third-order valence-electron chi connectivity index (χ3n) is 3.48. The van der Waals surface area contributed by atoms with Gasteiger partial charge in [0, 0.05) is 22.7 Å². The van der Waals surface area contributed by atoms with Gasteiger partial charge >= 0.3 is 0 Å². The molecule has 0 aliphatic heterocycles. The second kappa shape index (κ2) is 7.48. The van der Waals surface area contributed by atoms with E-state index in [-0.39, 0.29) is 0 Å². The molecule has 0 atom stereocenters. The minimum atomic E-state index is 0.686. The highest BCUT2D eigenvalue weighted by molar-refractivity contribution is 6.31. The minimum Gasteiger partial charge on any atom is -0.496 e. The van der Waals surface area contributed by atoms with Crippen LogP contribution in [-0.2, 0) is 6.54 Å². The minimum absolute atomic E-state index is 0.686.